The van der Waals surface area contributed by atoms with Gasteiger partial charge < -0.3 is 10.6 Å². The summed E-state index contributed by atoms with van der Waals surface area (Å²) < 4.78 is 37.2. The molecule has 138 valence electrons. The summed E-state index contributed by atoms with van der Waals surface area (Å²) in [6.07, 6.45) is -3.44. The van der Waals surface area contributed by atoms with Crippen LogP contribution >= 0.6 is 35.3 Å². The van der Waals surface area contributed by atoms with E-state index in [2.05, 4.69) is 34.0 Å². The molecule has 1 fully saturated rings. The number of guanidine groups is 1. The molecule has 0 amide bonds. The largest absolute Gasteiger partial charge is 0.401 e. The quantitative estimate of drug-likeness (QED) is 0.390. The van der Waals surface area contributed by atoms with Gasteiger partial charge in [0, 0.05) is 32.7 Å². The summed E-state index contributed by atoms with van der Waals surface area (Å²) in [7, 11) is 1.67. The van der Waals surface area contributed by atoms with Crippen molar-refractivity contribution >= 4 is 41.3 Å². The summed E-state index contributed by atoms with van der Waals surface area (Å²) in [6.45, 7) is 2.87. The van der Waals surface area contributed by atoms with E-state index in [-0.39, 0.29) is 30.0 Å². The third kappa shape index (κ3) is 7.14. The van der Waals surface area contributed by atoms with Gasteiger partial charge in [-0.15, -0.1) is 24.0 Å². The first-order valence-electron chi connectivity index (χ1n) is 7.66. The third-order valence-corrected chi connectivity index (χ3v) is 4.63. The minimum atomic E-state index is -4.13. The molecule has 2 heterocycles. The molecule has 1 aromatic heterocycles. The maximum absolute atomic E-state index is 12.4. The average molecular weight is 476 g/mol. The number of halogens is 4. The van der Waals surface area contributed by atoms with E-state index in [4.69, 9.17) is 0 Å². The molecule has 0 saturated carbocycles. The summed E-state index contributed by atoms with van der Waals surface area (Å²) in [4.78, 5) is 5.59. The summed E-state index contributed by atoms with van der Waals surface area (Å²) >= 11 is 1.67. The Labute approximate surface area is 161 Å². The van der Waals surface area contributed by atoms with E-state index in [0.717, 1.165) is 6.54 Å². The molecule has 0 spiro atoms. The SMILES string of the molecule is CN=C(NCC(C)c1ccsc1)NC1CCN(CC(F)(F)F)C1.I. The molecule has 1 aromatic rings. The lowest BCUT2D eigenvalue weighted by atomic mass is 10.1. The van der Waals surface area contributed by atoms with E-state index in [1.165, 1.54) is 10.5 Å². The molecule has 9 heteroatoms. The first-order chi connectivity index (χ1) is 10.9. The fourth-order valence-corrected chi connectivity index (χ4v) is 3.44. The minimum Gasteiger partial charge on any atom is -0.356 e. The Morgan fingerprint density at radius 3 is 2.83 bits per heavy atom. The van der Waals surface area contributed by atoms with Gasteiger partial charge >= 0.3 is 6.18 Å². The van der Waals surface area contributed by atoms with Gasteiger partial charge in [0.2, 0.25) is 0 Å². The maximum atomic E-state index is 12.4. The highest BCUT2D eigenvalue weighted by Crippen LogP contribution is 2.20. The van der Waals surface area contributed by atoms with Crippen LogP contribution < -0.4 is 10.6 Å². The predicted octanol–water partition coefficient (Wildman–Crippen LogP) is 3.27. The molecule has 2 unspecified atom stereocenters. The average Bonchev–Trinajstić information content (AvgIpc) is 3.13. The van der Waals surface area contributed by atoms with Gasteiger partial charge in [-0.2, -0.15) is 24.5 Å². The van der Waals surface area contributed by atoms with Crippen LogP contribution in [0.2, 0.25) is 0 Å². The monoisotopic (exact) mass is 476 g/mol. The number of aliphatic imine (C=N–C) groups is 1. The van der Waals surface area contributed by atoms with Crippen LogP contribution in [0, 0.1) is 0 Å². The van der Waals surface area contributed by atoms with Crippen molar-refractivity contribution in [3.8, 4) is 0 Å². The zero-order valence-electron chi connectivity index (χ0n) is 13.8. The number of nitrogens with zero attached hydrogens (tertiary/aromatic N) is 2. The lowest BCUT2D eigenvalue weighted by Crippen LogP contribution is -2.46. The van der Waals surface area contributed by atoms with Crippen LogP contribution in [0.15, 0.2) is 21.8 Å². The van der Waals surface area contributed by atoms with Crippen LogP contribution in [-0.4, -0.2) is 56.3 Å². The van der Waals surface area contributed by atoms with Crippen molar-refractivity contribution in [1.82, 2.24) is 15.5 Å². The van der Waals surface area contributed by atoms with Crippen molar-refractivity contribution in [2.24, 2.45) is 4.99 Å². The number of hydrogen-bond acceptors (Lipinski definition) is 3. The van der Waals surface area contributed by atoms with E-state index in [1.54, 1.807) is 18.4 Å². The number of alkyl halides is 3. The van der Waals surface area contributed by atoms with Crippen molar-refractivity contribution < 1.29 is 13.2 Å². The molecule has 2 atom stereocenters. The lowest BCUT2D eigenvalue weighted by molar-refractivity contribution is -0.143. The molecule has 24 heavy (non-hydrogen) atoms. The first kappa shape index (κ1) is 21.5. The Bertz CT molecular complexity index is 507. The molecule has 0 radical (unpaired) electrons. The number of thiophene rings is 1. The number of nitrogens with one attached hydrogen (secondary N) is 2. The zero-order valence-corrected chi connectivity index (χ0v) is 16.9. The Kier molecular flexibility index (Phi) is 8.78. The van der Waals surface area contributed by atoms with E-state index < -0.39 is 12.7 Å². The van der Waals surface area contributed by atoms with Crippen molar-refractivity contribution in [2.75, 3.05) is 33.2 Å². The van der Waals surface area contributed by atoms with Gasteiger partial charge in [0.1, 0.15) is 0 Å². The van der Waals surface area contributed by atoms with Gasteiger partial charge in [-0.1, -0.05) is 6.92 Å². The molecule has 1 saturated heterocycles. The van der Waals surface area contributed by atoms with E-state index in [1.807, 2.05) is 5.38 Å². The Morgan fingerprint density at radius 2 is 2.25 bits per heavy atom. The number of rotatable bonds is 5. The van der Waals surface area contributed by atoms with E-state index in [9.17, 15) is 13.2 Å². The van der Waals surface area contributed by atoms with Crippen LogP contribution in [0.5, 0.6) is 0 Å². The minimum absolute atomic E-state index is 0. The van der Waals surface area contributed by atoms with Crippen LogP contribution in [0.4, 0.5) is 13.2 Å². The lowest BCUT2D eigenvalue weighted by Gasteiger charge is -2.20. The molecule has 1 aliphatic rings. The molecule has 0 aromatic carbocycles. The van der Waals surface area contributed by atoms with Crippen LogP contribution in [-0.2, 0) is 0 Å². The molecule has 2 N–H and O–H groups in total. The van der Waals surface area contributed by atoms with Crippen LogP contribution in [0.3, 0.4) is 0 Å². The number of likely N-dealkylation sites (tertiary alicyclic amines) is 1. The summed E-state index contributed by atoms with van der Waals surface area (Å²) in [5.41, 5.74) is 1.27. The summed E-state index contributed by atoms with van der Waals surface area (Å²) in [5, 5.41) is 10.6. The Morgan fingerprint density at radius 1 is 1.50 bits per heavy atom. The van der Waals surface area contributed by atoms with Gasteiger partial charge in [0.15, 0.2) is 5.96 Å². The van der Waals surface area contributed by atoms with E-state index in [0.29, 0.717) is 31.4 Å². The van der Waals surface area contributed by atoms with Crippen LogP contribution in [0.1, 0.15) is 24.8 Å². The van der Waals surface area contributed by atoms with Gasteiger partial charge in [-0.3, -0.25) is 9.89 Å². The van der Waals surface area contributed by atoms with Gasteiger partial charge in [-0.25, -0.2) is 0 Å². The Hall–Kier alpha value is -0.550. The van der Waals surface area contributed by atoms with Gasteiger partial charge in [0.25, 0.3) is 0 Å². The van der Waals surface area contributed by atoms with Crippen molar-refractivity contribution in [3.05, 3.63) is 22.4 Å². The number of hydrogen-bond donors (Lipinski definition) is 2. The fraction of sp³-hybridized carbons (Fsp3) is 0.667. The second-order valence-corrected chi connectivity index (χ2v) is 6.67. The van der Waals surface area contributed by atoms with Gasteiger partial charge in [0.05, 0.1) is 6.54 Å². The Balaban J connectivity index is 0.00000288. The highest BCUT2D eigenvalue weighted by Gasteiger charge is 2.34. The zero-order chi connectivity index (χ0) is 16.9. The molecular weight excluding hydrogens is 452 g/mol. The molecule has 0 bridgehead atoms. The second kappa shape index (κ2) is 9.81. The van der Waals surface area contributed by atoms with Crippen molar-refractivity contribution in [1.29, 1.82) is 0 Å². The highest BCUT2D eigenvalue weighted by molar-refractivity contribution is 14.0. The molecule has 4 nitrogen and oxygen atoms in total. The maximum Gasteiger partial charge on any atom is 0.401 e. The highest BCUT2D eigenvalue weighted by atomic mass is 127. The molecular formula is C15H24F3IN4S. The topological polar surface area (TPSA) is 39.7 Å². The standard InChI is InChI=1S/C15H23F3N4S.HI/c1-11(12-4-6-23-9-12)7-20-14(19-2)21-13-3-5-22(8-13)10-15(16,17)18;/h4,6,9,11,13H,3,5,7-8,10H2,1-2H3,(H2,19,20,21);1H. The smallest absolute Gasteiger partial charge is 0.356 e. The van der Waals surface area contributed by atoms with Crippen molar-refractivity contribution in [3.63, 3.8) is 0 Å². The molecule has 1 aliphatic heterocycles. The van der Waals surface area contributed by atoms with Gasteiger partial charge in [-0.05, 0) is 34.7 Å². The normalized spacial score (nSPS) is 20.5. The van der Waals surface area contributed by atoms with Crippen LogP contribution in [0.25, 0.3) is 0 Å². The summed E-state index contributed by atoms with van der Waals surface area (Å²) in [6, 6.07) is 2.10. The molecule has 2 rings (SSSR count). The molecule has 0 aliphatic carbocycles. The first-order valence-corrected chi connectivity index (χ1v) is 8.60. The predicted molar refractivity (Wildman–Crippen MR) is 104 cm³/mol. The fourth-order valence-electron chi connectivity index (χ4n) is 2.66. The second-order valence-electron chi connectivity index (χ2n) is 5.89. The van der Waals surface area contributed by atoms with E-state index >= 15 is 0 Å². The summed E-state index contributed by atoms with van der Waals surface area (Å²) in [5.74, 6) is 0.996. The third-order valence-electron chi connectivity index (χ3n) is 3.93. The van der Waals surface area contributed by atoms with Crippen molar-refractivity contribution in [2.45, 2.75) is 31.5 Å².